The number of halogens is 2. The van der Waals surface area contributed by atoms with Gasteiger partial charge in [-0.05, 0) is 12.2 Å². The van der Waals surface area contributed by atoms with Crippen LogP contribution in [0.5, 0.6) is 0 Å². The van der Waals surface area contributed by atoms with Gasteiger partial charge in [0, 0.05) is 18.3 Å². The van der Waals surface area contributed by atoms with Gasteiger partial charge in [0.15, 0.2) is 5.12 Å². The van der Waals surface area contributed by atoms with E-state index in [1.54, 1.807) is 11.8 Å². The van der Waals surface area contributed by atoms with Gasteiger partial charge in [0.1, 0.15) is 0 Å². The van der Waals surface area contributed by atoms with Crippen molar-refractivity contribution >= 4 is 53.5 Å². The van der Waals surface area contributed by atoms with Gasteiger partial charge in [0.05, 0.1) is 5.75 Å². The summed E-state index contributed by atoms with van der Waals surface area (Å²) in [6, 6.07) is 0. The maximum atomic E-state index is 11.7. The van der Waals surface area contributed by atoms with Crippen LogP contribution in [0.25, 0.3) is 0 Å². The lowest BCUT2D eigenvalue weighted by atomic mass is 10.1. The molecular formula is C19H42Cl2N2OS2. The average Bonchev–Trinajstić information content (AvgIpc) is 2.60. The maximum absolute atomic E-state index is 11.7. The highest BCUT2D eigenvalue weighted by atomic mass is 35.5. The second kappa shape index (κ2) is 25.9. The largest absolute Gasteiger partial charge is 0.329 e. The van der Waals surface area contributed by atoms with Crippen molar-refractivity contribution in [3.63, 3.8) is 0 Å². The number of nitrogens with two attached hydrogens (primary N) is 2. The van der Waals surface area contributed by atoms with E-state index in [2.05, 4.69) is 6.92 Å². The SMILES string of the molecule is CCCCCCCCCCCCCCSCC(=O)SC(CN)CN.Cl.Cl. The predicted molar refractivity (Wildman–Crippen MR) is 127 cm³/mol. The second-order valence-electron chi connectivity index (χ2n) is 6.52. The van der Waals surface area contributed by atoms with Crippen molar-refractivity contribution in [3.05, 3.63) is 0 Å². The maximum Gasteiger partial charge on any atom is 0.199 e. The number of carbonyl (C=O) groups excluding carboxylic acids is 1. The zero-order valence-corrected chi connectivity index (χ0v) is 19.9. The molecule has 0 unspecified atom stereocenters. The molecule has 0 aliphatic heterocycles. The van der Waals surface area contributed by atoms with Gasteiger partial charge in [0.25, 0.3) is 0 Å². The monoisotopic (exact) mass is 448 g/mol. The number of thioether (sulfide) groups is 2. The summed E-state index contributed by atoms with van der Waals surface area (Å²) >= 11 is 3.07. The molecule has 26 heavy (non-hydrogen) atoms. The standard InChI is InChI=1S/C19H40N2OS2.2ClH/c1-2-3-4-5-6-7-8-9-10-11-12-13-14-23-17-19(22)24-18(15-20)16-21;;/h18H,2-17,20-21H2,1H3;2*1H. The molecule has 4 N–H and O–H groups in total. The van der Waals surface area contributed by atoms with Crippen LogP contribution in [0.3, 0.4) is 0 Å². The van der Waals surface area contributed by atoms with Crippen molar-refractivity contribution in [3.8, 4) is 0 Å². The van der Waals surface area contributed by atoms with E-state index in [4.69, 9.17) is 11.5 Å². The van der Waals surface area contributed by atoms with Gasteiger partial charge in [0.2, 0.25) is 0 Å². The Morgan fingerprint density at radius 3 is 1.62 bits per heavy atom. The van der Waals surface area contributed by atoms with E-state index in [1.165, 1.54) is 88.8 Å². The lowest BCUT2D eigenvalue weighted by molar-refractivity contribution is -0.108. The summed E-state index contributed by atoms with van der Waals surface area (Å²) in [6.45, 7) is 3.24. The molecule has 0 saturated carbocycles. The van der Waals surface area contributed by atoms with E-state index in [-0.39, 0.29) is 35.2 Å². The third kappa shape index (κ3) is 22.9. The molecule has 0 aliphatic carbocycles. The lowest BCUT2D eigenvalue weighted by Gasteiger charge is -2.09. The normalized spacial score (nSPS) is 10.5. The van der Waals surface area contributed by atoms with Crippen LogP contribution < -0.4 is 11.5 Å². The Hall–Kier alpha value is 0.870. The molecule has 0 aromatic carbocycles. The molecule has 0 aromatic rings. The fourth-order valence-electron chi connectivity index (χ4n) is 2.61. The van der Waals surface area contributed by atoms with Crippen molar-refractivity contribution in [2.75, 3.05) is 24.6 Å². The Morgan fingerprint density at radius 1 is 0.769 bits per heavy atom. The molecule has 0 amide bonds. The van der Waals surface area contributed by atoms with Crippen LogP contribution in [-0.2, 0) is 4.79 Å². The number of hydrogen-bond donors (Lipinski definition) is 2. The second-order valence-corrected chi connectivity index (χ2v) is 8.99. The highest BCUT2D eigenvalue weighted by Crippen LogP contribution is 2.16. The third-order valence-corrected chi connectivity index (χ3v) is 6.54. The first-order valence-electron chi connectivity index (χ1n) is 9.91. The summed E-state index contributed by atoms with van der Waals surface area (Å²) in [7, 11) is 0. The summed E-state index contributed by atoms with van der Waals surface area (Å²) in [5, 5.41) is 0.310. The number of hydrogen-bond acceptors (Lipinski definition) is 5. The van der Waals surface area contributed by atoms with Crippen LogP contribution in [0.15, 0.2) is 0 Å². The molecule has 7 heteroatoms. The Balaban J connectivity index is -0.00000264. The quantitative estimate of drug-likeness (QED) is 0.258. The predicted octanol–water partition coefficient (Wildman–Crippen LogP) is 5.81. The summed E-state index contributed by atoms with van der Waals surface area (Å²) in [5.74, 6) is 1.69. The number of unbranched alkanes of at least 4 members (excludes halogenated alkanes) is 11. The third-order valence-electron chi connectivity index (χ3n) is 4.19. The first kappa shape index (κ1) is 31.6. The summed E-state index contributed by atoms with van der Waals surface area (Å²) < 4.78 is 0. The minimum atomic E-state index is 0. The van der Waals surface area contributed by atoms with E-state index < -0.39 is 0 Å². The Bertz CT molecular complexity index is 284. The molecular weight excluding hydrogens is 407 g/mol. The summed E-state index contributed by atoms with van der Waals surface area (Å²) in [6.07, 6.45) is 16.5. The minimum absolute atomic E-state index is 0. The van der Waals surface area contributed by atoms with Crippen molar-refractivity contribution in [1.82, 2.24) is 0 Å². The topological polar surface area (TPSA) is 69.1 Å². The fourth-order valence-corrected chi connectivity index (χ4v) is 4.42. The number of rotatable bonds is 18. The van der Waals surface area contributed by atoms with E-state index in [1.807, 2.05) is 0 Å². The van der Waals surface area contributed by atoms with E-state index in [0.29, 0.717) is 18.8 Å². The molecule has 0 fully saturated rings. The molecule has 0 rings (SSSR count). The van der Waals surface area contributed by atoms with Crippen molar-refractivity contribution in [1.29, 1.82) is 0 Å². The minimum Gasteiger partial charge on any atom is -0.329 e. The average molecular weight is 450 g/mol. The molecule has 0 heterocycles. The molecule has 0 aliphatic rings. The van der Waals surface area contributed by atoms with Gasteiger partial charge in [-0.15, -0.1) is 24.8 Å². The van der Waals surface area contributed by atoms with Crippen molar-refractivity contribution in [2.45, 2.75) is 89.2 Å². The molecule has 0 atom stereocenters. The Kier molecular flexibility index (Phi) is 31.4. The zero-order chi connectivity index (χ0) is 17.9. The van der Waals surface area contributed by atoms with Gasteiger partial charge in [-0.2, -0.15) is 11.8 Å². The van der Waals surface area contributed by atoms with Crippen LogP contribution in [0.2, 0.25) is 0 Å². The smallest absolute Gasteiger partial charge is 0.199 e. The summed E-state index contributed by atoms with van der Waals surface area (Å²) in [4.78, 5) is 11.7. The molecule has 3 nitrogen and oxygen atoms in total. The van der Waals surface area contributed by atoms with E-state index >= 15 is 0 Å². The first-order chi connectivity index (χ1) is 11.7. The van der Waals surface area contributed by atoms with Crippen LogP contribution >= 0.6 is 48.3 Å². The van der Waals surface area contributed by atoms with Crippen LogP contribution in [0, 0.1) is 0 Å². The fraction of sp³-hybridized carbons (Fsp3) is 0.947. The van der Waals surface area contributed by atoms with Crippen LogP contribution in [-0.4, -0.2) is 35.0 Å². The van der Waals surface area contributed by atoms with Crippen LogP contribution in [0.4, 0.5) is 0 Å². The van der Waals surface area contributed by atoms with Gasteiger partial charge < -0.3 is 11.5 Å². The molecule has 160 valence electrons. The van der Waals surface area contributed by atoms with Gasteiger partial charge >= 0.3 is 0 Å². The molecule has 0 aromatic heterocycles. The van der Waals surface area contributed by atoms with Crippen molar-refractivity contribution < 1.29 is 4.79 Å². The number of carbonyl (C=O) groups is 1. The van der Waals surface area contributed by atoms with Gasteiger partial charge in [-0.1, -0.05) is 89.3 Å². The Labute approximate surface area is 183 Å². The first-order valence-corrected chi connectivity index (χ1v) is 11.9. The highest BCUT2D eigenvalue weighted by molar-refractivity contribution is 8.16. The highest BCUT2D eigenvalue weighted by Gasteiger charge is 2.11. The van der Waals surface area contributed by atoms with Crippen molar-refractivity contribution in [2.24, 2.45) is 11.5 Å². The summed E-state index contributed by atoms with van der Waals surface area (Å²) in [5.41, 5.74) is 11.1. The van der Waals surface area contributed by atoms with E-state index in [9.17, 15) is 4.79 Å². The molecule has 0 saturated heterocycles. The molecule has 0 radical (unpaired) electrons. The molecule has 0 spiro atoms. The zero-order valence-electron chi connectivity index (χ0n) is 16.6. The van der Waals surface area contributed by atoms with E-state index in [0.717, 1.165) is 5.75 Å². The molecule has 0 bridgehead atoms. The van der Waals surface area contributed by atoms with Crippen LogP contribution in [0.1, 0.15) is 84.0 Å². The lowest BCUT2D eigenvalue weighted by Crippen LogP contribution is -2.27. The van der Waals surface area contributed by atoms with Gasteiger partial charge in [-0.25, -0.2) is 0 Å². The Morgan fingerprint density at radius 2 is 1.19 bits per heavy atom. The van der Waals surface area contributed by atoms with Gasteiger partial charge in [-0.3, -0.25) is 4.79 Å².